The molecule has 0 bridgehead atoms. The standard InChI is InChI=1S/C19H23NO4S/c1-3-14(2)15-5-8-17(9-6-15)25(21,22)20-16-7-10-18-19(13-16)24-12-4-11-23-18/h5-10,13-14,20H,3-4,11-12H2,1-2H3/t14-/m0/s1. The van der Waals surface area contributed by atoms with Crippen LogP contribution in [0.15, 0.2) is 47.4 Å². The van der Waals surface area contributed by atoms with Crippen LogP contribution in [-0.4, -0.2) is 21.6 Å². The summed E-state index contributed by atoms with van der Waals surface area (Å²) in [5.74, 6) is 1.61. The first-order valence-corrected chi connectivity index (χ1v) is 10.0. The van der Waals surface area contributed by atoms with Crippen LogP contribution < -0.4 is 14.2 Å². The highest BCUT2D eigenvalue weighted by Crippen LogP contribution is 2.33. The zero-order valence-electron chi connectivity index (χ0n) is 14.5. The molecule has 0 radical (unpaired) electrons. The lowest BCUT2D eigenvalue weighted by molar-refractivity contribution is 0.297. The second kappa shape index (κ2) is 7.35. The van der Waals surface area contributed by atoms with E-state index < -0.39 is 10.0 Å². The van der Waals surface area contributed by atoms with Crippen molar-refractivity contribution >= 4 is 15.7 Å². The minimum Gasteiger partial charge on any atom is -0.490 e. The Morgan fingerprint density at radius 1 is 1.04 bits per heavy atom. The zero-order chi connectivity index (χ0) is 17.9. The van der Waals surface area contributed by atoms with Gasteiger partial charge in [-0.3, -0.25) is 4.72 Å². The van der Waals surface area contributed by atoms with Gasteiger partial charge >= 0.3 is 0 Å². The fourth-order valence-corrected chi connectivity index (χ4v) is 3.70. The van der Waals surface area contributed by atoms with E-state index in [0.717, 1.165) is 18.4 Å². The van der Waals surface area contributed by atoms with Crippen molar-refractivity contribution in [2.45, 2.75) is 37.5 Å². The van der Waals surface area contributed by atoms with E-state index in [9.17, 15) is 8.42 Å². The second-order valence-electron chi connectivity index (χ2n) is 6.20. The van der Waals surface area contributed by atoms with Crippen LogP contribution in [0.5, 0.6) is 11.5 Å². The van der Waals surface area contributed by atoms with Gasteiger partial charge in [-0.1, -0.05) is 26.0 Å². The average Bonchev–Trinajstić information content (AvgIpc) is 2.85. The summed E-state index contributed by atoms with van der Waals surface area (Å²) in [6.07, 6.45) is 1.82. The number of hydrogen-bond acceptors (Lipinski definition) is 4. The predicted octanol–water partition coefficient (Wildman–Crippen LogP) is 4.16. The SMILES string of the molecule is CC[C@H](C)c1ccc(S(=O)(=O)Nc2ccc3c(c2)OCCCO3)cc1. The molecule has 5 nitrogen and oxygen atoms in total. The van der Waals surface area contributed by atoms with E-state index in [-0.39, 0.29) is 4.90 Å². The molecule has 3 rings (SSSR count). The van der Waals surface area contributed by atoms with Crippen molar-refractivity contribution in [3.8, 4) is 11.5 Å². The van der Waals surface area contributed by atoms with Gasteiger partial charge in [0.05, 0.1) is 23.8 Å². The molecule has 0 unspecified atom stereocenters. The molecule has 2 aromatic carbocycles. The molecule has 0 aliphatic carbocycles. The Labute approximate surface area is 149 Å². The Morgan fingerprint density at radius 2 is 1.72 bits per heavy atom. The number of benzene rings is 2. The lowest BCUT2D eigenvalue weighted by Crippen LogP contribution is -2.13. The van der Waals surface area contributed by atoms with Gasteiger partial charge in [0.2, 0.25) is 0 Å². The summed E-state index contributed by atoms with van der Waals surface area (Å²) in [4.78, 5) is 0.242. The van der Waals surface area contributed by atoms with E-state index in [4.69, 9.17) is 9.47 Å². The maximum absolute atomic E-state index is 12.6. The smallest absolute Gasteiger partial charge is 0.261 e. The van der Waals surface area contributed by atoms with Crippen LogP contribution in [0.2, 0.25) is 0 Å². The first kappa shape index (κ1) is 17.6. The first-order chi connectivity index (χ1) is 12.0. The third kappa shape index (κ3) is 4.07. The molecule has 1 aliphatic rings. The lowest BCUT2D eigenvalue weighted by atomic mass is 9.99. The maximum atomic E-state index is 12.6. The highest BCUT2D eigenvalue weighted by molar-refractivity contribution is 7.92. The highest BCUT2D eigenvalue weighted by atomic mass is 32.2. The van der Waals surface area contributed by atoms with E-state index in [1.165, 1.54) is 0 Å². The van der Waals surface area contributed by atoms with Crippen LogP contribution in [0.1, 0.15) is 38.2 Å². The Hall–Kier alpha value is -2.21. The molecular weight excluding hydrogens is 338 g/mol. The van der Waals surface area contributed by atoms with Crippen LogP contribution in [0, 0.1) is 0 Å². The fourth-order valence-electron chi connectivity index (χ4n) is 2.65. The minimum absolute atomic E-state index is 0.242. The lowest BCUT2D eigenvalue weighted by Gasteiger charge is -2.13. The molecule has 0 saturated carbocycles. The molecule has 134 valence electrons. The van der Waals surface area contributed by atoms with E-state index in [0.29, 0.717) is 36.3 Å². The number of hydrogen-bond donors (Lipinski definition) is 1. The molecule has 6 heteroatoms. The van der Waals surface area contributed by atoms with Crippen LogP contribution in [0.4, 0.5) is 5.69 Å². The molecule has 0 spiro atoms. The first-order valence-electron chi connectivity index (χ1n) is 8.52. The Balaban J connectivity index is 1.80. The Morgan fingerprint density at radius 3 is 2.40 bits per heavy atom. The van der Waals surface area contributed by atoms with Gasteiger partial charge < -0.3 is 9.47 Å². The van der Waals surface area contributed by atoms with E-state index in [1.807, 2.05) is 12.1 Å². The van der Waals surface area contributed by atoms with Gasteiger partial charge in [-0.25, -0.2) is 8.42 Å². The average molecular weight is 361 g/mol. The van der Waals surface area contributed by atoms with Crippen molar-refractivity contribution in [2.24, 2.45) is 0 Å². The van der Waals surface area contributed by atoms with E-state index in [1.54, 1.807) is 30.3 Å². The molecule has 0 aromatic heterocycles. The number of fused-ring (bicyclic) bond motifs is 1. The van der Waals surface area contributed by atoms with Gasteiger partial charge in [0.25, 0.3) is 10.0 Å². The van der Waals surface area contributed by atoms with E-state index >= 15 is 0 Å². The topological polar surface area (TPSA) is 64.6 Å². The summed E-state index contributed by atoms with van der Waals surface area (Å²) < 4.78 is 39.0. The number of anilines is 1. The number of ether oxygens (including phenoxy) is 2. The fraction of sp³-hybridized carbons (Fsp3) is 0.368. The zero-order valence-corrected chi connectivity index (χ0v) is 15.3. The minimum atomic E-state index is -3.64. The molecule has 0 amide bonds. The van der Waals surface area contributed by atoms with Crippen LogP contribution >= 0.6 is 0 Å². The van der Waals surface area contributed by atoms with Gasteiger partial charge in [0, 0.05) is 12.5 Å². The summed E-state index contributed by atoms with van der Waals surface area (Å²) in [6, 6.07) is 12.1. The van der Waals surface area contributed by atoms with E-state index in [2.05, 4.69) is 18.6 Å². The predicted molar refractivity (Wildman–Crippen MR) is 98.0 cm³/mol. The normalized spacial score (nSPS) is 15.3. The third-order valence-electron chi connectivity index (χ3n) is 4.37. The van der Waals surface area contributed by atoms with Crippen molar-refractivity contribution in [1.29, 1.82) is 0 Å². The molecule has 1 aliphatic heterocycles. The van der Waals surface area contributed by atoms with Crippen LogP contribution in [-0.2, 0) is 10.0 Å². The maximum Gasteiger partial charge on any atom is 0.261 e. The van der Waals surface area contributed by atoms with Crippen molar-refractivity contribution in [1.82, 2.24) is 0 Å². The van der Waals surface area contributed by atoms with Crippen molar-refractivity contribution < 1.29 is 17.9 Å². The highest BCUT2D eigenvalue weighted by Gasteiger charge is 2.17. The molecule has 1 atom stereocenters. The Bertz CT molecular complexity index is 831. The number of rotatable bonds is 5. The molecule has 0 saturated heterocycles. The van der Waals surface area contributed by atoms with Gasteiger partial charge in [-0.05, 0) is 42.2 Å². The molecular formula is C19H23NO4S. The number of nitrogens with one attached hydrogen (secondary N) is 1. The van der Waals surface area contributed by atoms with Crippen LogP contribution in [0.25, 0.3) is 0 Å². The Kier molecular flexibility index (Phi) is 5.18. The summed E-state index contributed by atoms with van der Waals surface area (Å²) in [5.41, 5.74) is 1.59. The molecule has 25 heavy (non-hydrogen) atoms. The molecule has 0 fully saturated rings. The third-order valence-corrected chi connectivity index (χ3v) is 5.77. The van der Waals surface area contributed by atoms with Gasteiger partial charge in [0.1, 0.15) is 0 Å². The van der Waals surface area contributed by atoms with Gasteiger partial charge in [-0.2, -0.15) is 0 Å². The molecule has 2 aromatic rings. The molecule has 1 N–H and O–H groups in total. The second-order valence-corrected chi connectivity index (χ2v) is 7.88. The molecule has 1 heterocycles. The monoisotopic (exact) mass is 361 g/mol. The van der Waals surface area contributed by atoms with Crippen molar-refractivity contribution in [3.05, 3.63) is 48.0 Å². The van der Waals surface area contributed by atoms with Gasteiger partial charge in [-0.15, -0.1) is 0 Å². The quantitative estimate of drug-likeness (QED) is 0.868. The largest absolute Gasteiger partial charge is 0.490 e. The number of sulfonamides is 1. The summed E-state index contributed by atoms with van der Waals surface area (Å²) in [7, 11) is -3.64. The van der Waals surface area contributed by atoms with Gasteiger partial charge in [0.15, 0.2) is 11.5 Å². The summed E-state index contributed by atoms with van der Waals surface area (Å²) in [6.45, 7) is 5.39. The summed E-state index contributed by atoms with van der Waals surface area (Å²) in [5, 5.41) is 0. The summed E-state index contributed by atoms with van der Waals surface area (Å²) >= 11 is 0. The van der Waals surface area contributed by atoms with Crippen LogP contribution in [0.3, 0.4) is 0 Å². The van der Waals surface area contributed by atoms with Crippen molar-refractivity contribution in [3.63, 3.8) is 0 Å². The van der Waals surface area contributed by atoms with Crippen molar-refractivity contribution in [2.75, 3.05) is 17.9 Å².